The van der Waals surface area contributed by atoms with Crippen LogP contribution in [0.4, 0.5) is 0 Å². The van der Waals surface area contributed by atoms with Gasteiger partial charge in [0.05, 0.1) is 10.2 Å². The molecular formula is C10H12Br2O3S. The number of alkyl halides is 1. The second-order valence-corrected chi connectivity index (χ2v) is 7.05. The first-order chi connectivity index (χ1) is 7.42. The summed E-state index contributed by atoms with van der Waals surface area (Å²) in [6.45, 7) is 0.172. The molecule has 90 valence electrons. The van der Waals surface area contributed by atoms with Gasteiger partial charge in [-0.15, -0.1) is 0 Å². The SMILES string of the molecule is CS(=O)(=O)CCOc1ccc(CBr)cc1Br. The molecule has 1 aromatic rings. The summed E-state index contributed by atoms with van der Waals surface area (Å²) in [6.07, 6.45) is 1.19. The lowest BCUT2D eigenvalue weighted by molar-refractivity contribution is 0.339. The molecule has 1 aromatic carbocycles. The number of hydrogen-bond acceptors (Lipinski definition) is 3. The topological polar surface area (TPSA) is 43.4 Å². The van der Waals surface area contributed by atoms with Gasteiger partial charge in [0.1, 0.15) is 12.4 Å². The standard InChI is InChI=1S/C10H12Br2O3S/c1-16(13,14)5-4-15-10-3-2-8(7-11)6-9(10)12/h2-3,6H,4-5,7H2,1H3. The van der Waals surface area contributed by atoms with Crippen molar-refractivity contribution in [2.45, 2.75) is 5.33 Å². The van der Waals surface area contributed by atoms with E-state index in [1.165, 1.54) is 6.26 Å². The molecule has 0 spiro atoms. The highest BCUT2D eigenvalue weighted by Crippen LogP contribution is 2.26. The lowest BCUT2D eigenvalue weighted by atomic mass is 10.2. The van der Waals surface area contributed by atoms with Crippen molar-refractivity contribution in [1.82, 2.24) is 0 Å². The summed E-state index contributed by atoms with van der Waals surface area (Å²) in [4.78, 5) is 0. The van der Waals surface area contributed by atoms with Crippen LogP contribution in [-0.4, -0.2) is 27.0 Å². The second-order valence-electron chi connectivity index (χ2n) is 3.38. The molecule has 0 aliphatic heterocycles. The van der Waals surface area contributed by atoms with Gasteiger partial charge in [-0.25, -0.2) is 8.42 Å². The molecule has 0 amide bonds. The van der Waals surface area contributed by atoms with E-state index in [-0.39, 0.29) is 12.4 Å². The molecule has 0 aliphatic carbocycles. The van der Waals surface area contributed by atoms with Crippen molar-refractivity contribution in [3.05, 3.63) is 28.2 Å². The Kier molecular flexibility index (Phi) is 5.27. The van der Waals surface area contributed by atoms with Crippen LogP contribution in [0.3, 0.4) is 0 Å². The lowest BCUT2D eigenvalue weighted by Crippen LogP contribution is -2.12. The van der Waals surface area contributed by atoms with Crippen molar-refractivity contribution in [2.24, 2.45) is 0 Å². The van der Waals surface area contributed by atoms with Crippen molar-refractivity contribution in [3.63, 3.8) is 0 Å². The van der Waals surface area contributed by atoms with E-state index in [2.05, 4.69) is 31.9 Å². The third-order valence-corrected chi connectivity index (χ3v) is 4.04. The van der Waals surface area contributed by atoms with Gasteiger partial charge in [-0.2, -0.15) is 0 Å². The van der Waals surface area contributed by atoms with Crippen molar-refractivity contribution >= 4 is 41.7 Å². The van der Waals surface area contributed by atoms with Crippen molar-refractivity contribution in [2.75, 3.05) is 18.6 Å². The van der Waals surface area contributed by atoms with Crippen LogP contribution in [0.1, 0.15) is 5.56 Å². The Morgan fingerprint density at radius 3 is 2.56 bits per heavy atom. The zero-order valence-electron chi connectivity index (χ0n) is 8.74. The number of halogens is 2. The molecule has 6 heteroatoms. The molecule has 0 bridgehead atoms. The Labute approximate surface area is 112 Å². The number of hydrogen-bond donors (Lipinski definition) is 0. The van der Waals surface area contributed by atoms with E-state index < -0.39 is 9.84 Å². The minimum absolute atomic E-state index is 0.0274. The van der Waals surface area contributed by atoms with Crippen LogP contribution in [0.5, 0.6) is 5.75 Å². The highest BCUT2D eigenvalue weighted by atomic mass is 79.9. The molecule has 0 atom stereocenters. The minimum atomic E-state index is -2.97. The van der Waals surface area contributed by atoms with Crippen LogP contribution in [0.25, 0.3) is 0 Å². The third kappa shape index (κ3) is 4.84. The van der Waals surface area contributed by atoms with Crippen LogP contribution in [0.2, 0.25) is 0 Å². The Hall–Kier alpha value is -0.0700. The highest BCUT2D eigenvalue weighted by molar-refractivity contribution is 9.10. The average molecular weight is 372 g/mol. The van der Waals surface area contributed by atoms with Gasteiger partial charge >= 0.3 is 0 Å². The molecule has 0 aliphatic rings. The Balaban J connectivity index is 2.61. The van der Waals surface area contributed by atoms with Gasteiger partial charge in [0.2, 0.25) is 0 Å². The quantitative estimate of drug-likeness (QED) is 0.747. The molecule has 0 saturated carbocycles. The van der Waals surface area contributed by atoms with Gasteiger partial charge in [0.15, 0.2) is 9.84 Å². The van der Waals surface area contributed by atoms with Crippen LogP contribution < -0.4 is 4.74 Å². The molecule has 1 rings (SSSR count). The van der Waals surface area contributed by atoms with E-state index in [0.717, 1.165) is 15.4 Å². The number of ether oxygens (including phenoxy) is 1. The fourth-order valence-corrected chi connectivity index (χ4v) is 2.32. The molecular weight excluding hydrogens is 360 g/mol. The van der Waals surface area contributed by atoms with E-state index >= 15 is 0 Å². The molecule has 0 fully saturated rings. The average Bonchev–Trinajstić information content (AvgIpc) is 2.18. The number of benzene rings is 1. The first kappa shape index (κ1) is 14.0. The Morgan fingerprint density at radius 1 is 1.38 bits per heavy atom. The second kappa shape index (κ2) is 6.02. The fraction of sp³-hybridized carbons (Fsp3) is 0.400. The maximum atomic E-state index is 10.9. The molecule has 0 aromatic heterocycles. The van der Waals surface area contributed by atoms with Gasteiger partial charge in [0, 0.05) is 11.6 Å². The van der Waals surface area contributed by atoms with E-state index in [1.54, 1.807) is 0 Å². The first-order valence-corrected chi connectivity index (χ1v) is 8.55. The van der Waals surface area contributed by atoms with Crippen LogP contribution in [0.15, 0.2) is 22.7 Å². The Morgan fingerprint density at radius 2 is 2.06 bits per heavy atom. The largest absolute Gasteiger partial charge is 0.491 e. The van der Waals surface area contributed by atoms with E-state index in [9.17, 15) is 8.42 Å². The molecule has 16 heavy (non-hydrogen) atoms. The number of sulfone groups is 1. The summed E-state index contributed by atoms with van der Waals surface area (Å²) in [7, 11) is -2.97. The maximum absolute atomic E-state index is 10.9. The van der Waals surface area contributed by atoms with Crippen LogP contribution in [0, 0.1) is 0 Å². The molecule has 0 unspecified atom stereocenters. The summed E-state index contributed by atoms with van der Waals surface area (Å²) in [6, 6.07) is 5.68. The smallest absolute Gasteiger partial charge is 0.150 e. The van der Waals surface area contributed by atoms with Gasteiger partial charge in [-0.05, 0) is 33.6 Å². The third-order valence-electron chi connectivity index (χ3n) is 1.86. The van der Waals surface area contributed by atoms with Crippen molar-refractivity contribution in [3.8, 4) is 5.75 Å². The summed E-state index contributed by atoms with van der Waals surface area (Å²) < 4.78 is 28.0. The van der Waals surface area contributed by atoms with E-state index in [4.69, 9.17) is 4.74 Å². The minimum Gasteiger partial charge on any atom is -0.491 e. The van der Waals surface area contributed by atoms with Gasteiger partial charge in [0.25, 0.3) is 0 Å². The van der Waals surface area contributed by atoms with Crippen molar-refractivity contribution < 1.29 is 13.2 Å². The molecule has 0 radical (unpaired) electrons. The molecule has 0 saturated heterocycles. The fourth-order valence-electron chi connectivity index (χ4n) is 1.05. The van der Waals surface area contributed by atoms with Gasteiger partial charge in [-0.3, -0.25) is 0 Å². The predicted molar refractivity (Wildman–Crippen MR) is 72.0 cm³/mol. The monoisotopic (exact) mass is 370 g/mol. The molecule has 3 nitrogen and oxygen atoms in total. The van der Waals surface area contributed by atoms with Gasteiger partial charge < -0.3 is 4.74 Å². The summed E-state index contributed by atoms with van der Waals surface area (Å²) in [5.74, 6) is 0.688. The normalized spacial score (nSPS) is 11.4. The van der Waals surface area contributed by atoms with E-state index in [1.807, 2.05) is 18.2 Å². The zero-order chi connectivity index (χ0) is 12.2. The van der Waals surface area contributed by atoms with Crippen molar-refractivity contribution in [1.29, 1.82) is 0 Å². The summed E-state index contributed by atoms with van der Waals surface area (Å²) >= 11 is 6.73. The zero-order valence-corrected chi connectivity index (χ0v) is 12.7. The predicted octanol–water partition coefficient (Wildman–Crippen LogP) is 2.77. The van der Waals surface area contributed by atoms with Crippen LogP contribution >= 0.6 is 31.9 Å². The lowest BCUT2D eigenvalue weighted by Gasteiger charge is -2.08. The Bertz CT molecular complexity index is 457. The highest BCUT2D eigenvalue weighted by Gasteiger charge is 2.05. The number of rotatable bonds is 5. The van der Waals surface area contributed by atoms with E-state index in [0.29, 0.717) is 5.75 Å². The molecule has 0 heterocycles. The maximum Gasteiger partial charge on any atom is 0.150 e. The molecule has 0 N–H and O–H groups in total. The first-order valence-electron chi connectivity index (χ1n) is 4.57. The van der Waals surface area contributed by atoms with Crippen LogP contribution in [-0.2, 0) is 15.2 Å². The summed E-state index contributed by atoms with van der Waals surface area (Å²) in [5, 5.41) is 0.773. The summed E-state index contributed by atoms with van der Waals surface area (Å²) in [5.41, 5.74) is 1.13. The van der Waals surface area contributed by atoms with Gasteiger partial charge in [-0.1, -0.05) is 22.0 Å².